The third kappa shape index (κ3) is 2.79. The number of hydrogen-bond donors (Lipinski definition) is 1. The van der Waals surface area contributed by atoms with Crippen LogP contribution in [0, 0.1) is 0 Å². The molecular weight excluding hydrogens is 212 g/mol. The van der Waals surface area contributed by atoms with Crippen molar-refractivity contribution in [2.24, 2.45) is 5.73 Å². The summed E-state index contributed by atoms with van der Waals surface area (Å²) in [5.74, 6) is 1.54. The molecule has 1 aromatic carbocycles. The molecule has 1 unspecified atom stereocenters. The fraction of sp³-hybridized carbons (Fsp3) is 0.571. The van der Waals surface area contributed by atoms with Crippen LogP contribution < -0.4 is 10.5 Å². The van der Waals surface area contributed by atoms with Gasteiger partial charge in [0.1, 0.15) is 5.75 Å². The fourth-order valence-electron chi connectivity index (χ4n) is 2.39. The third-order valence-corrected chi connectivity index (χ3v) is 3.40. The van der Waals surface area contributed by atoms with E-state index in [-0.39, 0.29) is 0 Å². The number of ether oxygens (including phenoxy) is 1. The molecule has 0 saturated carbocycles. The van der Waals surface area contributed by atoms with Crippen molar-refractivity contribution in [2.75, 3.05) is 26.2 Å². The van der Waals surface area contributed by atoms with Crippen molar-refractivity contribution in [1.82, 2.24) is 4.90 Å². The van der Waals surface area contributed by atoms with E-state index >= 15 is 0 Å². The molecule has 0 spiro atoms. The standard InChI is InChI=1S/C14H22N2O/c1-11(2)16(8-7-15)9-12-10-17-14-6-4-3-5-13(12)14/h3-6,11-12H,7-10,15H2,1-2H3. The molecule has 3 heteroatoms. The maximum absolute atomic E-state index is 5.71. The van der Waals surface area contributed by atoms with Gasteiger partial charge in [-0.1, -0.05) is 18.2 Å². The molecule has 17 heavy (non-hydrogen) atoms. The third-order valence-electron chi connectivity index (χ3n) is 3.40. The van der Waals surface area contributed by atoms with Gasteiger partial charge in [-0.3, -0.25) is 4.90 Å². The van der Waals surface area contributed by atoms with Gasteiger partial charge in [-0.2, -0.15) is 0 Å². The van der Waals surface area contributed by atoms with Crippen molar-refractivity contribution >= 4 is 0 Å². The number of benzene rings is 1. The number of para-hydroxylation sites is 1. The first-order chi connectivity index (χ1) is 8.22. The number of fused-ring (bicyclic) bond motifs is 1. The summed E-state index contributed by atoms with van der Waals surface area (Å²) in [6, 6.07) is 8.88. The zero-order chi connectivity index (χ0) is 12.3. The fourth-order valence-corrected chi connectivity index (χ4v) is 2.39. The predicted molar refractivity (Wildman–Crippen MR) is 70.4 cm³/mol. The lowest BCUT2D eigenvalue weighted by Crippen LogP contribution is -2.38. The van der Waals surface area contributed by atoms with E-state index in [1.54, 1.807) is 0 Å². The van der Waals surface area contributed by atoms with Crippen molar-refractivity contribution in [1.29, 1.82) is 0 Å². The second-order valence-corrected chi connectivity index (χ2v) is 4.92. The summed E-state index contributed by atoms with van der Waals surface area (Å²) in [5, 5.41) is 0. The normalized spacial score (nSPS) is 18.5. The average Bonchev–Trinajstić information content (AvgIpc) is 2.72. The minimum atomic E-state index is 0.486. The van der Waals surface area contributed by atoms with Gasteiger partial charge in [-0.25, -0.2) is 0 Å². The Balaban J connectivity index is 2.05. The first kappa shape index (κ1) is 12.4. The van der Waals surface area contributed by atoms with Gasteiger partial charge < -0.3 is 10.5 Å². The first-order valence-corrected chi connectivity index (χ1v) is 6.38. The minimum absolute atomic E-state index is 0.486. The smallest absolute Gasteiger partial charge is 0.122 e. The lowest BCUT2D eigenvalue weighted by Gasteiger charge is -2.28. The van der Waals surface area contributed by atoms with Crippen LogP contribution in [0.3, 0.4) is 0 Å². The SMILES string of the molecule is CC(C)N(CCN)CC1COc2ccccc21. The zero-order valence-corrected chi connectivity index (χ0v) is 10.7. The molecule has 0 aliphatic carbocycles. The maximum Gasteiger partial charge on any atom is 0.122 e. The van der Waals surface area contributed by atoms with Crippen LogP contribution in [0.5, 0.6) is 5.75 Å². The largest absolute Gasteiger partial charge is 0.493 e. The number of nitrogens with zero attached hydrogens (tertiary/aromatic N) is 1. The Hall–Kier alpha value is -1.06. The van der Waals surface area contributed by atoms with E-state index in [0.717, 1.165) is 25.4 Å². The zero-order valence-electron chi connectivity index (χ0n) is 10.7. The summed E-state index contributed by atoms with van der Waals surface area (Å²) >= 11 is 0. The molecule has 1 aliphatic heterocycles. The van der Waals surface area contributed by atoms with Gasteiger partial charge in [0, 0.05) is 37.2 Å². The van der Waals surface area contributed by atoms with E-state index in [9.17, 15) is 0 Å². The molecule has 0 fully saturated rings. The molecule has 1 atom stereocenters. The van der Waals surface area contributed by atoms with Crippen molar-refractivity contribution in [3.05, 3.63) is 29.8 Å². The van der Waals surface area contributed by atoms with Crippen LogP contribution in [0.1, 0.15) is 25.3 Å². The van der Waals surface area contributed by atoms with E-state index < -0.39 is 0 Å². The summed E-state index contributed by atoms with van der Waals surface area (Å²) < 4.78 is 5.71. The first-order valence-electron chi connectivity index (χ1n) is 6.38. The lowest BCUT2D eigenvalue weighted by molar-refractivity contribution is 0.199. The van der Waals surface area contributed by atoms with E-state index in [2.05, 4.69) is 36.9 Å². The van der Waals surface area contributed by atoms with Crippen molar-refractivity contribution in [3.8, 4) is 5.75 Å². The molecule has 0 aromatic heterocycles. The van der Waals surface area contributed by atoms with Crippen LogP contribution in [0.2, 0.25) is 0 Å². The molecule has 1 aliphatic rings. The molecular formula is C14H22N2O. The molecule has 94 valence electrons. The topological polar surface area (TPSA) is 38.5 Å². The number of hydrogen-bond acceptors (Lipinski definition) is 3. The number of nitrogens with two attached hydrogens (primary N) is 1. The highest BCUT2D eigenvalue weighted by atomic mass is 16.5. The second-order valence-electron chi connectivity index (χ2n) is 4.92. The molecule has 2 N–H and O–H groups in total. The van der Waals surface area contributed by atoms with E-state index in [1.165, 1.54) is 5.56 Å². The second kappa shape index (κ2) is 5.52. The summed E-state index contributed by atoms with van der Waals surface area (Å²) in [6.45, 7) is 7.94. The maximum atomic E-state index is 5.71. The predicted octanol–water partition coefficient (Wildman–Crippen LogP) is 1.83. The van der Waals surface area contributed by atoms with E-state index in [1.807, 2.05) is 6.07 Å². The number of rotatable bonds is 5. The van der Waals surface area contributed by atoms with Gasteiger partial charge in [0.2, 0.25) is 0 Å². The van der Waals surface area contributed by atoms with Crippen LogP contribution in [0.25, 0.3) is 0 Å². The average molecular weight is 234 g/mol. The molecule has 2 rings (SSSR count). The van der Waals surface area contributed by atoms with E-state index in [4.69, 9.17) is 10.5 Å². The van der Waals surface area contributed by atoms with Gasteiger partial charge in [-0.15, -0.1) is 0 Å². The Morgan fingerprint density at radius 1 is 1.41 bits per heavy atom. The quantitative estimate of drug-likeness (QED) is 0.844. The summed E-state index contributed by atoms with van der Waals surface area (Å²) in [7, 11) is 0. The molecule has 0 radical (unpaired) electrons. The van der Waals surface area contributed by atoms with Crippen molar-refractivity contribution < 1.29 is 4.74 Å². The molecule has 0 saturated heterocycles. The van der Waals surface area contributed by atoms with Gasteiger partial charge in [0.25, 0.3) is 0 Å². The van der Waals surface area contributed by atoms with Crippen LogP contribution in [-0.4, -0.2) is 37.2 Å². The Kier molecular flexibility index (Phi) is 4.02. The molecule has 0 bridgehead atoms. The summed E-state index contributed by atoms with van der Waals surface area (Å²) in [5.41, 5.74) is 7.01. The van der Waals surface area contributed by atoms with Crippen LogP contribution in [0.4, 0.5) is 0 Å². The Morgan fingerprint density at radius 3 is 2.88 bits per heavy atom. The highest BCUT2D eigenvalue weighted by molar-refractivity contribution is 5.39. The van der Waals surface area contributed by atoms with Gasteiger partial charge in [-0.05, 0) is 19.9 Å². The Labute approximate surface area is 104 Å². The molecule has 1 heterocycles. The Morgan fingerprint density at radius 2 is 2.18 bits per heavy atom. The lowest BCUT2D eigenvalue weighted by atomic mass is 10.0. The van der Waals surface area contributed by atoms with Crippen molar-refractivity contribution in [2.45, 2.75) is 25.8 Å². The summed E-state index contributed by atoms with van der Waals surface area (Å²) in [6.07, 6.45) is 0. The van der Waals surface area contributed by atoms with Crippen LogP contribution >= 0.6 is 0 Å². The summed E-state index contributed by atoms with van der Waals surface area (Å²) in [4.78, 5) is 2.43. The minimum Gasteiger partial charge on any atom is -0.493 e. The Bertz CT molecular complexity index is 365. The highest BCUT2D eigenvalue weighted by Crippen LogP contribution is 2.34. The van der Waals surface area contributed by atoms with E-state index in [0.29, 0.717) is 18.5 Å². The van der Waals surface area contributed by atoms with Crippen molar-refractivity contribution in [3.63, 3.8) is 0 Å². The van der Waals surface area contributed by atoms with Crippen LogP contribution in [0.15, 0.2) is 24.3 Å². The highest BCUT2D eigenvalue weighted by Gasteiger charge is 2.26. The van der Waals surface area contributed by atoms with Gasteiger partial charge >= 0.3 is 0 Å². The molecule has 0 amide bonds. The van der Waals surface area contributed by atoms with Gasteiger partial charge in [0.15, 0.2) is 0 Å². The monoisotopic (exact) mass is 234 g/mol. The molecule has 3 nitrogen and oxygen atoms in total. The molecule has 1 aromatic rings. The van der Waals surface area contributed by atoms with Crippen LogP contribution in [-0.2, 0) is 0 Å². The van der Waals surface area contributed by atoms with Gasteiger partial charge in [0.05, 0.1) is 6.61 Å².